The summed E-state index contributed by atoms with van der Waals surface area (Å²) in [5.41, 5.74) is 1.06. The van der Waals surface area contributed by atoms with E-state index >= 15 is 0 Å². The van der Waals surface area contributed by atoms with Crippen LogP contribution in [0.1, 0.15) is 27.2 Å². The molecule has 0 saturated carbocycles. The van der Waals surface area contributed by atoms with Gasteiger partial charge in [-0.05, 0) is 25.3 Å². The summed E-state index contributed by atoms with van der Waals surface area (Å²) in [5, 5.41) is 3.43. The lowest BCUT2D eigenvalue weighted by Gasteiger charge is -2.17. The predicted octanol–water partition coefficient (Wildman–Crippen LogP) is 2.94. The van der Waals surface area contributed by atoms with E-state index in [0.29, 0.717) is 17.8 Å². The molecule has 0 bridgehead atoms. The summed E-state index contributed by atoms with van der Waals surface area (Å²) in [5.74, 6) is 1.35. The van der Waals surface area contributed by atoms with Crippen molar-refractivity contribution in [1.82, 2.24) is 4.98 Å². The van der Waals surface area contributed by atoms with Gasteiger partial charge in [0.15, 0.2) is 0 Å². The van der Waals surface area contributed by atoms with Crippen molar-refractivity contribution < 1.29 is 4.74 Å². The highest BCUT2D eigenvalue weighted by Crippen LogP contribution is 2.16. The number of hydrogen-bond donors (Lipinski definition) is 1. The SMILES string of the molecule is COc1cc(NC(C)CC(C)C)ccn1. The Hall–Kier alpha value is -1.25. The normalized spacial score (nSPS) is 12.6. The highest BCUT2D eigenvalue weighted by Gasteiger charge is 2.05. The first-order valence-electron chi connectivity index (χ1n) is 5.38. The second-order valence-corrected chi connectivity index (χ2v) is 4.26. The number of nitrogens with one attached hydrogen (secondary N) is 1. The van der Waals surface area contributed by atoms with Crippen LogP contribution in [0.2, 0.25) is 0 Å². The molecule has 1 N–H and O–H groups in total. The van der Waals surface area contributed by atoms with E-state index in [4.69, 9.17) is 4.74 Å². The number of aromatic nitrogens is 1. The summed E-state index contributed by atoms with van der Waals surface area (Å²) in [6.45, 7) is 6.64. The Bertz CT molecular complexity index is 299. The summed E-state index contributed by atoms with van der Waals surface area (Å²) < 4.78 is 5.07. The molecule has 0 aromatic carbocycles. The van der Waals surface area contributed by atoms with Crippen LogP contribution in [0.3, 0.4) is 0 Å². The highest BCUT2D eigenvalue weighted by molar-refractivity contribution is 5.45. The van der Waals surface area contributed by atoms with E-state index < -0.39 is 0 Å². The third-order valence-corrected chi connectivity index (χ3v) is 2.18. The van der Waals surface area contributed by atoms with E-state index in [9.17, 15) is 0 Å². The van der Waals surface area contributed by atoms with Gasteiger partial charge in [0.2, 0.25) is 5.88 Å². The minimum absolute atomic E-state index is 0.470. The van der Waals surface area contributed by atoms with Gasteiger partial charge < -0.3 is 10.1 Å². The predicted molar refractivity (Wildman–Crippen MR) is 63.3 cm³/mol. The largest absolute Gasteiger partial charge is 0.481 e. The fourth-order valence-corrected chi connectivity index (χ4v) is 1.66. The maximum absolute atomic E-state index is 5.07. The molecule has 1 rings (SSSR count). The zero-order chi connectivity index (χ0) is 11.3. The van der Waals surface area contributed by atoms with Crippen LogP contribution in [0.15, 0.2) is 18.3 Å². The fraction of sp³-hybridized carbons (Fsp3) is 0.583. The van der Waals surface area contributed by atoms with Gasteiger partial charge in [-0.1, -0.05) is 13.8 Å². The second kappa shape index (κ2) is 5.59. The van der Waals surface area contributed by atoms with E-state index in [1.165, 1.54) is 0 Å². The van der Waals surface area contributed by atoms with Gasteiger partial charge in [0.05, 0.1) is 7.11 Å². The van der Waals surface area contributed by atoms with Crippen molar-refractivity contribution >= 4 is 5.69 Å². The molecule has 0 aliphatic carbocycles. The second-order valence-electron chi connectivity index (χ2n) is 4.26. The highest BCUT2D eigenvalue weighted by atomic mass is 16.5. The van der Waals surface area contributed by atoms with Crippen LogP contribution < -0.4 is 10.1 Å². The van der Waals surface area contributed by atoms with Gasteiger partial charge in [-0.15, -0.1) is 0 Å². The van der Waals surface area contributed by atoms with Crippen molar-refractivity contribution in [2.75, 3.05) is 12.4 Å². The van der Waals surface area contributed by atoms with E-state index in [1.54, 1.807) is 13.3 Å². The molecule has 0 saturated heterocycles. The molecule has 1 atom stereocenters. The maximum atomic E-state index is 5.07. The number of ether oxygens (including phenoxy) is 1. The van der Waals surface area contributed by atoms with Gasteiger partial charge >= 0.3 is 0 Å². The van der Waals surface area contributed by atoms with Crippen molar-refractivity contribution in [3.63, 3.8) is 0 Å². The lowest BCUT2D eigenvalue weighted by atomic mass is 10.1. The van der Waals surface area contributed by atoms with E-state index in [0.717, 1.165) is 12.1 Å². The summed E-state index contributed by atoms with van der Waals surface area (Å²) in [6.07, 6.45) is 2.91. The minimum atomic E-state index is 0.470. The lowest BCUT2D eigenvalue weighted by Crippen LogP contribution is -2.17. The zero-order valence-corrected chi connectivity index (χ0v) is 9.95. The topological polar surface area (TPSA) is 34.1 Å². The van der Waals surface area contributed by atoms with Crippen molar-refractivity contribution in [2.45, 2.75) is 33.2 Å². The smallest absolute Gasteiger partial charge is 0.214 e. The van der Waals surface area contributed by atoms with Crippen LogP contribution in [0.4, 0.5) is 5.69 Å². The molecule has 1 heterocycles. The van der Waals surface area contributed by atoms with Crippen molar-refractivity contribution in [3.8, 4) is 5.88 Å². The van der Waals surface area contributed by atoms with Crippen LogP contribution in [0.25, 0.3) is 0 Å². The Balaban J connectivity index is 2.55. The molecule has 0 spiro atoms. The third kappa shape index (κ3) is 4.19. The first-order chi connectivity index (χ1) is 7.11. The molecule has 1 aromatic rings. The fourth-order valence-electron chi connectivity index (χ4n) is 1.66. The van der Waals surface area contributed by atoms with Crippen LogP contribution in [-0.4, -0.2) is 18.1 Å². The van der Waals surface area contributed by atoms with Gasteiger partial charge in [0.25, 0.3) is 0 Å². The molecule has 0 aliphatic rings. The molecular weight excluding hydrogens is 188 g/mol. The van der Waals surface area contributed by atoms with E-state index in [1.807, 2.05) is 12.1 Å². The number of nitrogens with zero attached hydrogens (tertiary/aromatic N) is 1. The van der Waals surface area contributed by atoms with Gasteiger partial charge in [0.1, 0.15) is 0 Å². The molecule has 0 aliphatic heterocycles. The van der Waals surface area contributed by atoms with Gasteiger partial charge in [-0.2, -0.15) is 0 Å². The standard InChI is InChI=1S/C12H20N2O/c1-9(2)7-10(3)14-11-5-6-13-12(8-11)15-4/h5-6,8-10H,7H2,1-4H3,(H,13,14). The van der Waals surface area contributed by atoms with Gasteiger partial charge in [-0.3, -0.25) is 0 Å². The molecule has 0 fully saturated rings. The number of methoxy groups -OCH3 is 1. The van der Waals surface area contributed by atoms with E-state index in [-0.39, 0.29) is 0 Å². The van der Waals surface area contributed by atoms with Crippen LogP contribution in [0, 0.1) is 5.92 Å². The van der Waals surface area contributed by atoms with Crippen molar-refractivity contribution in [1.29, 1.82) is 0 Å². The first kappa shape index (κ1) is 11.8. The average Bonchev–Trinajstić information content (AvgIpc) is 2.16. The molecule has 0 amide bonds. The molecule has 3 nitrogen and oxygen atoms in total. The Morgan fingerprint density at radius 3 is 2.73 bits per heavy atom. The molecule has 1 unspecified atom stereocenters. The Morgan fingerprint density at radius 1 is 1.40 bits per heavy atom. The first-order valence-corrected chi connectivity index (χ1v) is 5.38. The molecule has 1 aromatic heterocycles. The number of rotatable bonds is 5. The quantitative estimate of drug-likeness (QED) is 0.807. The van der Waals surface area contributed by atoms with Crippen LogP contribution in [0.5, 0.6) is 5.88 Å². The van der Waals surface area contributed by atoms with Crippen LogP contribution in [-0.2, 0) is 0 Å². The van der Waals surface area contributed by atoms with Crippen molar-refractivity contribution in [2.24, 2.45) is 5.92 Å². The van der Waals surface area contributed by atoms with Gasteiger partial charge in [-0.25, -0.2) is 4.98 Å². The summed E-state index contributed by atoms with van der Waals surface area (Å²) >= 11 is 0. The Labute approximate surface area is 91.9 Å². The number of pyridine rings is 1. The zero-order valence-electron chi connectivity index (χ0n) is 9.95. The summed E-state index contributed by atoms with van der Waals surface area (Å²) in [4.78, 5) is 4.06. The molecule has 0 radical (unpaired) electrons. The number of anilines is 1. The minimum Gasteiger partial charge on any atom is -0.481 e. The van der Waals surface area contributed by atoms with Crippen LogP contribution >= 0.6 is 0 Å². The van der Waals surface area contributed by atoms with Gasteiger partial charge in [0, 0.05) is 24.0 Å². The summed E-state index contributed by atoms with van der Waals surface area (Å²) in [6, 6.07) is 4.34. The Kier molecular flexibility index (Phi) is 4.40. The molecular formula is C12H20N2O. The summed E-state index contributed by atoms with van der Waals surface area (Å²) in [7, 11) is 1.63. The van der Waals surface area contributed by atoms with Crippen molar-refractivity contribution in [3.05, 3.63) is 18.3 Å². The Morgan fingerprint density at radius 2 is 2.13 bits per heavy atom. The molecule has 84 valence electrons. The molecule has 3 heteroatoms. The monoisotopic (exact) mass is 208 g/mol. The number of hydrogen-bond acceptors (Lipinski definition) is 3. The third-order valence-electron chi connectivity index (χ3n) is 2.18. The van der Waals surface area contributed by atoms with E-state index in [2.05, 4.69) is 31.1 Å². The molecule has 15 heavy (non-hydrogen) atoms. The lowest BCUT2D eigenvalue weighted by molar-refractivity contribution is 0.398. The average molecular weight is 208 g/mol. The maximum Gasteiger partial charge on any atom is 0.214 e.